The lowest BCUT2D eigenvalue weighted by atomic mass is 10.1. The summed E-state index contributed by atoms with van der Waals surface area (Å²) in [7, 11) is 0. The number of fused-ring (bicyclic) bond motifs is 1. The number of hydrogen-bond acceptors (Lipinski definition) is 4. The number of nitrogens with zero attached hydrogens (tertiary/aromatic N) is 2. The third kappa shape index (κ3) is 5.08. The summed E-state index contributed by atoms with van der Waals surface area (Å²) >= 11 is 1.46. The molecule has 166 valence electrons. The lowest BCUT2D eigenvalue weighted by Gasteiger charge is -2.19. The van der Waals surface area contributed by atoms with E-state index in [2.05, 4.69) is 10.3 Å². The lowest BCUT2D eigenvalue weighted by Crippen LogP contribution is -2.20. The fourth-order valence-corrected chi connectivity index (χ4v) is 4.71. The zero-order valence-corrected chi connectivity index (χ0v) is 19.1. The average Bonchev–Trinajstić information content (AvgIpc) is 2.89. The summed E-state index contributed by atoms with van der Waals surface area (Å²) in [6.45, 7) is 0. The summed E-state index contributed by atoms with van der Waals surface area (Å²) in [6, 6.07) is 37.1. The summed E-state index contributed by atoms with van der Waals surface area (Å²) in [5.41, 5.74) is 4.39. The first-order valence-corrected chi connectivity index (χ1v) is 11.8. The van der Waals surface area contributed by atoms with Crippen molar-refractivity contribution >= 4 is 39.3 Å². The van der Waals surface area contributed by atoms with Gasteiger partial charge < -0.3 is 10.3 Å². The van der Waals surface area contributed by atoms with Crippen LogP contribution in [-0.2, 0) is 0 Å². The number of thioether (sulfide) groups is 1. The summed E-state index contributed by atoms with van der Waals surface area (Å²) in [4.78, 5) is 25.8. The van der Waals surface area contributed by atoms with Gasteiger partial charge in [-0.05, 0) is 42.0 Å². The fourth-order valence-electron chi connectivity index (χ4n) is 3.59. The van der Waals surface area contributed by atoms with Gasteiger partial charge in [-0.2, -0.15) is 0 Å². The predicted molar refractivity (Wildman–Crippen MR) is 142 cm³/mol. The summed E-state index contributed by atoms with van der Waals surface area (Å²) in [5.74, 6) is 0. The van der Waals surface area contributed by atoms with Crippen molar-refractivity contribution in [3.8, 4) is 0 Å². The molecule has 4 aromatic carbocycles. The highest BCUT2D eigenvalue weighted by atomic mass is 32.2. The van der Waals surface area contributed by atoms with Crippen LogP contribution in [0.2, 0.25) is 0 Å². The van der Waals surface area contributed by atoms with Crippen LogP contribution in [0.25, 0.3) is 11.0 Å². The molecule has 2 N–H and O–H groups in total. The minimum Gasteiger partial charge on any atom is -0.335 e. The molecule has 0 bridgehead atoms. The van der Waals surface area contributed by atoms with E-state index in [0.29, 0.717) is 16.4 Å². The van der Waals surface area contributed by atoms with Crippen molar-refractivity contribution in [3.05, 3.63) is 137 Å². The standard InChI is InChI=1S/C28H22N4OS/c33-27-25(31-23-18-10-11-19-24(23)32-27)26(20-12-4-1-5-13-20)34-28(29-21-14-6-2-7-15-21)30-22-16-8-3-9-17-22/h1-19,26H,(H,29,30)(H,32,33)/t26-/m1/s1. The lowest BCUT2D eigenvalue weighted by molar-refractivity contribution is 1.01. The van der Waals surface area contributed by atoms with Crippen molar-refractivity contribution in [2.75, 3.05) is 5.32 Å². The van der Waals surface area contributed by atoms with Gasteiger partial charge in [-0.15, -0.1) is 0 Å². The second-order valence-corrected chi connectivity index (χ2v) is 8.71. The third-order valence-corrected chi connectivity index (χ3v) is 6.37. The molecule has 0 radical (unpaired) electrons. The highest BCUT2D eigenvalue weighted by Gasteiger charge is 2.23. The van der Waals surface area contributed by atoms with Crippen LogP contribution in [-0.4, -0.2) is 15.1 Å². The maximum atomic E-state index is 13.2. The molecule has 6 heteroatoms. The minimum absolute atomic E-state index is 0.209. The Morgan fingerprint density at radius 1 is 0.794 bits per heavy atom. The Bertz CT molecular complexity index is 1470. The highest BCUT2D eigenvalue weighted by Crippen LogP contribution is 2.35. The van der Waals surface area contributed by atoms with Crippen molar-refractivity contribution < 1.29 is 0 Å². The molecule has 0 saturated heterocycles. The molecule has 5 aromatic rings. The van der Waals surface area contributed by atoms with Crippen LogP contribution in [0.4, 0.5) is 11.4 Å². The predicted octanol–water partition coefficient (Wildman–Crippen LogP) is 6.55. The van der Waals surface area contributed by atoms with Crippen LogP contribution < -0.4 is 10.9 Å². The molecule has 0 fully saturated rings. The molecule has 1 aromatic heterocycles. The van der Waals surface area contributed by atoms with Gasteiger partial charge in [0.25, 0.3) is 5.56 Å². The monoisotopic (exact) mass is 462 g/mol. The molecule has 0 unspecified atom stereocenters. The quantitative estimate of drug-likeness (QED) is 0.230. The first kappa shape index (κ1) is 21.7. The Kier molecular flexibility index (Phi) is 6.49. The molecule has 0 aliphatic heterocycles. The molecule has 0 aliphatic carbocycles. The molecule has 0 spiro atoms. The topological polar surface area (TPSA) is 70.1 Å². The normalized spacial score (nSPS) is 12.4. The smallest absolute Gasteiger partial charge is 0.271 e. The largest absolute Gasteiger partial charge is 0.335 e. The highest BCUT2D eigenvalue weighted by molar-refractivity contribution is 8.14. The van der Waals surface area contributed by atoms with Crippen molar-refractivity contribution in [2.24, 2.45) is 4.99 Å². The van der Waals surface area contributed by atoms with Gasteiger partial charge in [-0.1, -0.05) is 90.6 Å². The Labute approximate surface area is 201 Å². The van der Waals surface area contributed by atoms with Crippen molar-refractivity contribution in [1.82, 2.24) is 9.97 Å². The average molecular weight is 463 g/mol. The van der Waals surface area contributed by atoms with Crippen molar-refractivity contribution in [3.63, 3.8) is 0 Å². The Morgan fingerprint density at radius 2 is 1.41 bits per heavy atom. The molecule has 0 saturated carbocycles. The van der Waals surface area contributed by atoms with E-state index >= 15 is 0 Å². The molecular weight excluding hydrogens is 440 g/mol. The minimum atomic E-state index is -0.367. The number of benzene rings is 4. The van der Waals surface area contributed by atoms with Gasteiger partial charge in [0.05, 0.1) is 22.0 Å². The van der Waals surface area contributed by atoms with Gasteiger partial charge >= 0.3 is 0 Å². The molecule has 34 heavy (non-hydrogen) atoms. The van der Waals surface area contributed by atoms with Gasteiger partial charge in [0, 0.05) is 5.69 Å². The summed E-state index contributed by atoms with van der Waals surface area (Å²) < 4.78 is 0. The van der Waals surface area contributed by atoms with E-state index in [4.69, 9.17) is 9.98 Å². The van der Waals surface area contributed by atoms with E-state index in [-0.39, 0.29) is 10.8 Å². The molecule has 0 aliphatic rings. The number of aliphatic imine (C=N–C) groups is 1. The SMILES string of the molecule is O=c1[nH]c2ccccc2nc1[C@H](SC(=Nc1ccccc1)Nc1ccccc1)c1ccccc1. The second kappa shape index (κ2) is 10.2. The van der Waals surface area contributed by atoms with Crippen LogP contribution in [0.5, 0.6) is 0 Å². The van der Waals surface area contributed by atoms with E-state index < -0.39 is 0 Å². The zero-order valence-electron chi connectivity index (χ0n) is 18.3. The van der Waals surface area contributed by atoms with Crippen LogP contribution in [0.15, 0.2) is 125 Å². The molecule has 0 amide bonds. The van der Waals surface area contributed by atoms with Gasteiger partial charge in [0.2, 0.25) is 0 Å². The first-order chi connectivity index (χ1) is 16.8. The summed E-state index contributed by atoms with van der Waals surface area (Å²) in [5, 5.41) is 3.73. The molecular formula is C28H22N4OS. The second-order valence-electron chi connectivity index (χ2n) is 7.62. The number of aromatic amines is 1. The van der Waals surface area contributed by atoms with Crippen LogP contribution in [0, 0.1) is 0 Å². The van der Waals surface area contributed by atoms with Gasteiger partial charge in [-0.25, -0.2) is 9.98 Å². The summed E-state index contributed by atoms with van der Waals surface area (Å²) in [6.07, 6.45) is 0. The number of H-pyrrole nitrogens is 1. The number of nitrogens with one attached hydrogen (secondary N) is 2. The van der Waals surface area contributed by atoms with Gasteiger partial charge in [0.15, 0.2) is 5.17 Å². The molecule has 1 atom stereocenters. The fraction of sp³-hybridized carbons (Fsp3) is 0.0357. The number of rotatable bonds is 5. The van der Waals surface area contributed by atoms with Crippen LogP contribution in [0.1, 0.15) is 16.5 Å². The van der Waals surface area contributed by atoms with Crippen molar-refractivity contribution in [2.45, 2.75) is 5.25 Å². The maximum Gasteiger partial charge on any atom is 0.271 e. The maximum absolute atomic E-state index is 13.2. The Hall–Kier alpha value is -4.16. The van der Waals surface area contributed by atoms with E-state index in [9.17, 15) is 4.79 Å². The third-order valence-electron chi connectivity index (χ3n) is 5.22. The van der Waals surface area contributed by atoms with E-state index in [0.717, 1.165) is 22.5 Å². The number of aromatic nitrogens is 2. The molecule has 5 rings (SSSR count). The number of amidine groups is 1. The van der Waals surface area contributed by atoms with Gasteiger partial charge in [-0.3, -0.25) is 4.79 Å². The first-order valence-electron chi connectivity index (χ1n) is 10.9. The van der Waals surface area contributed by atoms with Gasteiger partial charge in [0.1, 0.15) is 5.69 Å². The van der Waals surface area contributed by atoms with E-state index in [1.165, 1.54) is 11.8 Å². The zero-order chi connectivity index (χ0) is 23.2. The van der Waals surface area contributed by atoms with E-state index in [1.807, 2.05) is 115 Å². The molecule has 1 heterocycles. The molecule has 5 nitrogen and oxygen atoms in total. The van der Waals surface area contributed by atoms with Crippen LogP contribution in [0.3, 0.4) is 0 Å². The van der Waals surface area contributed by atoms with Crippen molar-refractivity contribution in [1.29, 1.82) is 0 Å². The Balaban J connectivity index is 1.61. The van der Waals surface area contributed by atoms with E-state index in [1.54, 1.807) is 0 Å². The number of hydrogen-bond donors (Lipinski definition) is 2. The number of anilines is 1. The Morgan fingerprint density at radius 3 is 2.15 bits per heavy atom. The number of para-hydroxylation sites is 4. The van der Waals surface area contributed by atoms with Crippen LogP contribution >= 0.6 is 11.8 Å².